The fourth-order valence-electron chi connectivity index (χ4n) is 3.52. The van der Waals surface area contributed by atoms with Crippen molar-refractivity contribution in [1.29, 1.82) is 0 Å². The molecule has 4 rings (SSSR count). The van der Waals surface area contributed by atoms with Crippen molar-refractivity contribution in [2.75, 3.05) is 0 Å². The van der Waals surface area contributed by atoms with Gasteiger partial charge in [0.25, 0.3) is 5.56 Å². The lowest BCUT2D eigenvalue weighted by molar-refractivity contribution is -0.134. The van der Waals surface area contributed by atoms with E-state index in [1.807, 2.05) is 0 Å². The Kier molecular flexibility index (Phi) is 4.80. The van der Waals surface area contributed by atoms with Crippen molar-refractivity contribution in [3.05, 3.63) is 80.1 Å². The van der Waals surface area contributed by atoms with Gasteiger partial charge in [-0.05, 0) is 24.6 Å². The molecule has 0 radical (unpaired) electrons. The summed E-state index contributed by atoms with van der Waals surface area (Å²) in [5.74, 6) is -4.72. The van der Waals surface area contributed by atoms with E-state index >= 15 is 0 Å². The number of fused-ring (bicyclic) bond motifs is 1. The van der Waals surface area contributed by atoms with Crippen molar-refractivity contribution in [3.63, 3.8) is 0 Å². The van der Waals surface area contributed by atoms with Crippen LogP contribution >= 0.6 is 0 Å². The minimum Gasteiger partial charge on any atom is -0.332 e. The van der Waals surface area contributed by atoms with E-state index < -0.39 is 34.6 Å². The van der Waals surface area contributed by atoms with Crippen molar-refractivity contribution in [3.8, 4) is 5.69 Å². The van der Waals surface area contributed by atoms with Gasteiger partial charge < -0.3 is 4.90 Å². The Morgan fingerprint density at radius 3 is 2.60 bits per heavy atom. The van der Waals surface area contributed by atoms with E-state index in [4.69, 9.17) is 0 Å². The van der Waals surface area contributed by atoms with Crippen LogP contribution in [0, 0.1) is 17.5 Å². The molecule has 11 heteroatoms. The van der Waals surface area contributed by atoms with Crippen LogP contribution in [0.4, 0.5) is 13.2 Å². The van der Waals surface area contributed by atoms with Crippen LogP contribution in [0.3, 0.4) is 0 Å². The molecular weight excluding hydrogens is 403 g/mol. The van der Waals surface area contributed by atoms with E-state index in [0.717, 1.165) is 12.1 Å². The van der Waals surface area contributed by atoms with Crippen LogP contribution < -0.4 is 11.2 Å². The monoisotopic (exact) mass is 419 g/mol. The number of carbonyl (C=O) groups is 1. The average Bonchev–Trinajstić information content (AvgIpc) is 3.07. The summed E-state index contributed by atoms with van der Waals surface area (Å²) in [5, 5.41) is 4.24. The van der Waals surface area contributed by atoms with Gasteiger partial charge in [-0.1, -0.05) is 0 Å². The second-order valence-electron chi connectivity index (χ2n) is 7.06. The zero-order valence-electron chi connectivity index (χ0n) is 15.7. The molecule has 8 nitrogen and oxygen atoms in total. The smallest absolute Gasteiger partial charge is 0.332 e. The van der Waals surface area contributed by atoms with Crippen molar-refractivity contribution < 1.29 is 18.0 Å². The van der Waals surface area contributed by atoms with Crippen LogP contribution in [0.15, 0.2) is 40.2 Å². The van der Waals surface area contributed by atoms with Gasteiger partial charge in [0, 0.05) is 18.3 Å². The third-order valence-electron chi connectivity index (χ3n) is 5.02. The summed E-state index contributed by atoms with van der Waals surface area (Å²) in [6.45, 7) is 2.22. The van der Waals surface area contributed by atoms with Crippen LogP contribution in [-0.4, -0.2) is 36.2 Å². The molecule has 0 spiro atoms. The van der Waals surface area contributed by atoms with Gasteiger partial charge in [-0.2, -0.15) is 5.10 Å². The van der Waals surface area contributed by atoms with E-state index in [-0.39, 0.29) is 24.6 Å². The molecule has 0 saturated heterocycles. The molecule has 1 N–H and O–H groups in total. The van der Waals surface area contributed by atoms with Crippen molar-refractivity contribution in [1.82, 2.24) is 24.2 Å². The highest BCUT2D eigenvalue weighted by Crippen LogP contribution is 2.23. The van der Waals surface area contributed by atoms with Gasteiger partial charge in [0.15, 0.2) is 17.5 Å². The number of H-pyrrole nitrogens is 1. The summed E-state index contributed by atoms with van der Waals surface area (Å²) >= 11 is 0. The summed E-state index contributed by atoms with van der Waals surface area (Å²) in [4.78, 5) is 39.9. The topological polar surface area (TPSA) is 93.0 Å². The Bertz CT molecular complexity index is 1240. The predicted molar refractivity (Wildman–Crippen MR) is 98.5 cm³/mol. The van der Waals surface area contributed by atoms with Gasteiger partial charge in [-0.15, -0.1) is 0 Å². The molecule has 1 aromatic carbocycles. The van der Waals surface area contributed by atoms with Crippen LogP contribution in [0.5, 0.6) is 0 Å². The highest BCUT2D eigenvalue weighted by molar-refractivity contribution is 5.79. The summed E-state index contributed by atoms with van der Waals surface area (Å²) in [7, 11) is 0. The van der Waals surface area contributed by atoms with Crippen molar-refractivity contribution in [2.45, 2.75) is 32.5 Å². The van der Waals surface area contributed by atoms with E-state index in [2.05, 4.69) is 10.1 Å². The minimum atomic E-state index is -1.59. The van der Waals surface area contributed by atoms with Gasteiger partial charge in [0.2, 0.25) is 5.91 Å². The molecule has 156 valence electrons. The van der Waals surface area contributed by atoms with Crippen molar-refractivity contribution in [2.24, 2.45) is 0 Å². The Balaban J connectivity index is 1.63. The fraction of sp³-hybridized carbons (Fsp3) is 0.263. The summed E-state index contributed by atoms with van der Waals surface area (Å²) in [5.41, 5.74) is -0.208. The van der Waals surface area contributed by atoms with E-state index in [0.29, 0.717) is 17.9 Å². The average molecular weight is 419 g/mol. The third-order valence-corrected chi connectivity index (χ3v) is 5.02. The summed E-state index contributed by atoms with van der Waals surface area (Å²) in [6, 6.07) is 2.50. The molecule has 2 aromatic heterocycles. The Morgan fingerprint density at radius 1 is 1.23 bits per heavy atom. The first-order valence-electron chi connectivity index (χ1n) is 9.04. The quantitative estimate of drug-likeness (QED) is 0.644. The van der Waals surface area contributed by atoms with Crippen molar-refractivity contribution >= 4 is 5.91 Å². The number of aromatic nitrogens is 4. The lowest BCUT2D eigenvalue weighted by atomic mass is 10.1. The molecule has 0 unspecified atom stereocenters. The minimum absolute atomic E-state index is 0.0137. The molecule has 1 aliphatic rings. The standard InChI is InChI=1S/C19H16F3N5O3/c1-10-8-27-15(14(7-23-27)25-3-2-16(28)24-19(25)30)9-26(10)17(29)6-11-4-12(20)18(22)13(21)5-11/h2-5,7,10H,6,8-9H2,1H3,(H,24,28,30)/t10-/m0/s1. The Hall–Kier alpha value is -3.63. The molecule has 3 heterocycles. The first kappa shape index (κ1) is 19.7. The number of benzene rings is 1. The number of nitrogens with one attached hydrogen (secondary N) is 1. The maximum absolute atomic E-state index is 13.5. The number of hydrogen-bond donors (Lipinski definition) is 1. The number of halogens is 3. The molecule has 0 fully saturated rings. The highest BCUT2D eigenvalue weighted by atomic mass is 19.2. The SMILES string of the molecule is C[C@H]1Cn2ncc(-n3ccc(=O)[nH]c3=O)c2CN1C(=O)Cc1cc(F)c(F)c(F)c1. The molecule has 30 heavy (non-hydrogen) atoms. The molecular formula is C19H16F3N5O3. The number of rotatable bonds is 3. The number of aromatic amines is 1. The number of nitrogens with zero attached hydrogens (tertiary/aromatic N) is 4. The van der Waals surface area contributed by atoms with E-state index in [9.17, 15) is 27.6 Å². The lowest BCUT2D eigenvalue weighted by Crippen LogP contribution is -2.46. The van der Waals surface area contributed by atoms with Crippen LogP contribution in [0.25, 0.3) is 5.69 Å². The van der Waals surface area contributed by atoms with Gasteiger partial charge in [-0.3, -0.25) is 23.8 Å². The lowest BCUT2D eigenvalue weighted by Gasteiger charge is -2.34. The van der Waals surface area contributed by atoms with Gasteiger partial charge >= 0.3 is 5.69 Å². The molecule has 1 aliphatic heterocycles. The zero-order valence-corrected chi connectivity index (χ0v) is 15.7. The largest absolute Gasteiger partial charge is 0.333 e. The van der Waals surface area contributed by atoms with Gasteiger partial charge in [0.05, 0.1) is 37.1 Å². The summed E-state index contributed by atoms with van der Waals surface area (Å²) < 4.78 is 42.9. The molecule has 3 aromatic rings. The van der Waals surface area contributed by atoms with Crippen LogP contribution in [0.2, 0.25) is 0 Å². The second kappa shape index (κ2) is 7.32. The predicted octanol–water partition coefficient (Wildman–Crippen LogP) is 1.11. The first-order chi connectivity index (χ1) is 14.2. The Morgan fingerprint density at radius 2 is 1.93 bits per heavy atom. The summed E-state index contributed by atoms with van der Waals surface area (Å²) in [6.07, 6.45) is 2.45. The Labute approximate surface area is 167 Å². The number of carbonyl (C=O) groups excluding carboxylic acids is 1. The molecule has 0 saturated carbocycles. The third kappa shape index (κ3) is 3.42. The maximum atomic E-state index is 13.5. The van der Waals surface area contributed by atoms with Gasteiger partial charge in [0.1, 0.15) is 0 Å². The van der Waals surface area contributed by atoms with Crippen LogP contribution in [0.1, 0.15) is 18.2 Å². The van der Waals surface area contributed by atoms with Gasteiger partial charge in [-0.25, -0.2) is 18.0 Å². The highest BCUT2D eigenvalue weighted by Gasteiger charge is 2.30. The molecule has 0 aliphatic carbocycles. The maximum Gasteiger partial charge on any atom is 0.333 e. The fourth-order valence-corrected chi connectivity index (χ4v) is 3.52. The molecule has 1 atom stereocenters. The van der Waals surface area contributed by atoms with Crippen LogP contribution in [-0.2, 0) is 24.3 Å². The van der Waals surface area contributed by atoms with E-state index in [1.54, 1.807) is 11.6 Å². The zero-order chi connectivity index (χ0) is 21.6. The first-order valence-corrected chi connectivity index (χ1v) is 9.04. The number of hydrogen-bond acceptors (Lipinski definition) is 4. The number of amides is 1. The van der Waals surface area contributed by atoms with E-state index in [1.165, 1.54) is 27.9 Å². The molecule has 1 amide bonds. The normalized spacial score (nSPS) is 15.9. The molecule has 0 bridgehead atoms. The second-order valence-corrected chi connectivity index (χ2v) is 7.06.